The molecule has 0 aliphatic carbocycles. The zero-order chi connectivity index (χ0) is 21.0. The van der Waals surface area contributed by atoms with Gasteiger partial charge in [-0.25, -0.2) is 9.78 Å². The van der Waals surface area contributed by atoms with Crippen LogP contribution in [0.4, 0.5) is 22.0 Å². The Morgan fingerprint density at radius 1 is 0.964 bits per heavy atom. The Morgan fingerprint density at radius 2 is 1.57 bits per heavy atom. The van der Waals surface area contributed by atoms with E-state index in [9.17, 15) is 26.7 Å². The van der Waals surface area contributed by atoms with E-state index in [4.69, 9.17) is 4.74 Å². The minimum absolute atomic E-state index is 0.0643. The summed E-state index contributed by atoms with van der Waals surface area (Å²) in [6, 6.07) is 2.24. The van der Waals surface area contributed by atoms with Gasteiger partial charge in [0.1, 0.15) is 0 Å². The molecule has 0 aliphatic rings. The maximum atomic E-state index is 12.8. The highest BCUT2D eigenvalue weighted by Crippen LogP contribution is 2.35. The highest BCUT2D eigenvalue weighted by molar-refractivity contribution is 5.89. The van der Waals surface area contributed by atoms with Crippen LogP contribution in [-0.4, -0.2) is 36.3 Å². The Kier molecular flexibility index (Phi) is 10.2. The number of aromatic nitrogens is 1. The SMILES string of the molecule is CCCCCCCCCCOC(=O)c1ccc(OCC(F)(F)C(F)(F)F)nc1. The van der Waals surface area contributed by atoms with Gasteiger partial charge < -0.3 is 9.47 Å². The largest absolute Gasteiger partial charge is 0.471 e. The molecule has 160 valence electrons. The van der Waals surface area contributed by atoms with Gasteiger partial charge in [0.05, 0.1) is 12.2 Å². The van der Waals surface area contributed by atoms with Crippen LogP contribution in [0, 0.1) is 0 Å². The number of esters is 1. The van der Waals surface area contributed by atoms with E-state index in [0.717, 1.165) is 37.9 Å². The molecule has 0 saturated heterocycles. The molecule has 1 rings (SSSR count). The monoisotopic (exact) mass is 411 g/mol. The molecule has 0 radical (unpaired) electrons. The topological polar surface area (TPSA) is 48.4 Å². The molecule has 1 aromatic rings. The van der Waals surface area contributed by atoms with E-state index in [-0.39, 0.29) is 12.2 Å². The number of hydrogen-bond acceptors (Lipinski definition) is 4. The van der Waals surface area contributed by atoms with Gasteiger partial charge in [-0.3, -0.25) is 0 Å². The van der Waals surface area contributed by atoms with Gasteiger partial charge in [0.15, 0.2) is 6.61 Å². The van der Waals surface area contributed by atoms with E-state index < -0.39 is 30.6 Å². The zero-order valence-electron chi connectivity index (χ0n) is 15.9. The molecular formula is C19H26F5NO3. The second-order valence-corrected chi connectivity index (χ2v) is 6.49. The van der Waals surface area contributed by atoms with Crippen molar-refractivity contribution in [1.29, 1.82) is 0 Å². The van der Waals surface area contributed by atoms with Crippen LogP contribution in [0.5, 0.6) is 5.88 Å². The standard InChI is InChI=1S/C19H26F5NO3/c1-2-3-4-5-6-7-8-9-12-27-17(26)15-10-11-16(25-13-15)28-14-18(20,21)19(22,23)24/h10-11,13H,2-9,12,14H2,1H3. The van der Waals surface area contributed by atoms with Gasteiger partial charge in [-0.2, -0.15) is 22.0 Å². The molecule has 0 bridgehead atoms. The van der Waals surface area contributed by atoms with Crippen LogP contribution in [0.15, 0.2) is 18.3 Å². The van der Waals surface area contributed by atoms with Crippen molar-refractivity contribution in [2.45, 2.75) is 70.4 Å². The lowest BCUT2D eigenvalue weighted by Gasteiger charge is -2.19. The fourth-order valence-electron chi connectivity index (χ4n) is 2.32. The minimum atomic E-state index is -5.70. The predicted octanol–water partition coefficient (Wildman–Crippen LogP) is 5.96. The maximum Gasteiger partial charge on any atom is 0.456 e. The molecule has 0 spiro atoms. The van der Waals surface area contributed by atoms with Crippen molar-refractivity contribution in [2.24, 2.45) is 0 Å². The molecule has 0 N–H and O–H groups in total. The summed E-state index contributed by atoms with van der Waals surface area (Å²) in [6.07, 6.45) is 4.15. The molecular weight excluding hydrogens is 385 g/mol. The quantitative estimate of drug-likeness (QED) is 0.228. The first-order chi connectivity index (χ1) is 13.2. The van der Waals surface area contributed by atoms with Crippen LogP contribution < -0.4 is 4.74 Å². The first-order valence-electron chi connectivity index (χ1n) is 9.38. The predicted molar refractivity (Wildman–Crippen MR) is 93.6 cm³/mol. The molecule has 1 aromatic heterocycles. The van der Waals surface area contributed by atoms with E-state index in [1.54, 1.807) is 0 Å². The third-order valence-corrected chi connectivity index (χ3v) is 4.02. The first kappa shape index (κ1) is 24.1. The Bertz CT molecular complexity index is 576. The smallest absolute Gasteiger partial charge is 0.456 e. The van der Waals surface area contributed by atoms with Crippen molar-refractivity contribution < 1.29 is 36.2 Å². The third kappa shape index (κ3) is 8.84. The number of unbranched alkanes of at least 4 members (excludes halogenated alkanes) is 7. The number of carbonyl (C=O) groups excluding carboxylic acids is 1. The van der Waals surface area contributed by atoms with Gasteiger partial charge in [-0.1, -0.05) is 51.9 Å². The van der Waals surface area contributed by atoms with Crippen LogP contribution in [0.3, 0.4) is 0 Å². The minimum Gasteiger partial charge on any atom is -0.471 e. The number of halogens is 5. The van der Waals surface area contributed by atoms with Gasteiger partial charge >= 0.3 is 18.1 Å². The average molecular weight is 411 g/mol. The Morgan fingerprint density at radius 3 is 2.11 bits per heavy atom. The van der Waals surface area contributed by atoms with Gasteiger partial charge in [-0.15, -0.1) is 0 Å². The van der Waals surface area contributed by atoms with Crippen LogP contribution in [-0.2, 0) is 4.74 Å². The van der Waals surface area contributed by atoms with Crippen molar-refractivity contribution in [3.63, 3.8) is 0 Å². The first-order valence-corrected chi connectivity index (χ1v) is 9.38. The summed E-state index contributed by atoms with van der Waals surface area (Å²) < 4.78 is 71.2. The molecule has 0 atom stereocenters. The van der Waals surface area contributed by atoms with Gasteiger partial charge in [-0.05, 0) is 12.5 Å². The molecule has 28 heavy (non-hydrogen) atoms. The molecule has 0 amide bonds. The number of rotatable bonds is 13. The molecule has 9 heteroatoms. The number of alkyl halides is 5. The number of nitrogens with zero attached hydrogens (tertiary/aromatic N) is 1. The summed E-state index contributed by atoms with van der Waals surface area (Å²) in [5.41, 5.74) is 0.0643. The summed E-state index contributed by atoms with van der Waals surface area (Å²) in [7, 11) is 0. The van der Waals surface area contributed by atoms with E-state index in [1.165, 1.54) is 31.7 Å². The van der Waals surface area contributed by atoms with Crippen LogP contribution in [0.2, 0.25) is 0 Å². The molecule has 0 unspecified atom stereocenters. The van der Waals surface area contributed by atoms with E-state index in [1.807, 2.05) is 0 Å². The van der Waals surface area contributed by atoms with Crippen molar-refractivity contribution in [3.05, 3.63) is 23.9 Å². The summed E-state index contributed by atoms with van der Waals surface area (Å²) in [5, 5.41) is 0. The maximum absolute atomic E-state index is 12.8. The Balaban J connectivity index is 2.27. The summed E-state index contributed by atoms with van der Waals surface area (Å²) >= 11 is 0. The van der Waals surface area contributed by atoms with Crippen molar-refractivity contribution in [1.82, 2.24) is 4.98 Å². The zero-order valence-corrected chi connectivity index (χ0v) is 15.9. The number of carbonyl (C=O) groups is 1. The fraction of sp³-hybridized carbons (Fsp3) is 0.684. The Hall–Kier alpha value is -1.93. The van der Waals surface area contributed by atoms with Gasteiger partial charge in [0.2, 0.25) is 5.88 Å². The van der Waals surface area contributed by atoms with Crippen LogP contribution >= 0.6 is 0 Å². The molecule has 0 aromatic carbocycles. The van der Waals surface area contributed by atoms with E-state index >= 15 is 0 Å². The highest BCUT2D eigenvalue weighted by Gasteiger charge is 2.58. The Labute approximate surface area is 161 Å². The summed E-state index contributed by atoms with van der Waals surface area (Å²) in [6.45, 7) is 0.534. The van der Waals surface area contributed by atoms with Crippen LogP contribution in [0.25, 0.3) is 0 Å². The second-order valence-electron chi connectivity index (χ2n) is 6.49. The fourth-order valence-corrected chi connectivity index (χ4v) is 2.32. The average Bonchev–Trinajstić information content (AvgIpc) is 2.64. The highest BCUT2D eigenvalue weighted by atomic mass is 19.4. The second kappa shape index (κ2) is 11.8. The lowest BCUT2D eigenvalue weighted by atomic mass is 10.1. The van der Waals surface area contributed by atoms with E-state index in [0.29, 0.717) is 0 Å². The summed E-state index contributed by atoms with van der Waals surface area (Å²) in [4.78, 5) is 15.4. The molecule has 4 nitrogen and oxygen atoms in total. The van der Waals surface area contributed by atoms with Crippen molar-refractivity contribution in [2.75, 3.05) is 13.2 Å². The lowest BCUT2D eigenvalue weighted by Crippen LogP contribution is -2.41. The number of pyridine rings is 1. The van der Waals surface area contributed by atoms with Gasteiger partial charge in [0.25, 0.3) is 0 Å². The number of hydrogen-bond donors (Lipinski definition) is 0. The lowest BCUT2D eigenvalue weighted by molar-refractivity contribution is -0.290. The normalized spacial score (nSPS) is 12.1. The van der Waals surface area contributed by atoms with Gasteiger partial charge in [0, 0.05) is 12.3 Å². The molecule has 1 heterocycles. The molecule has 0 fully saturated rings. The molecule has 0 saturated carbocycles. The van der Waals surface area contributed by atoms with Crippen LogP contribution in [0.1, 0.15) is 68.6 Å². The number of ether oxygens (including phenoxy) is 2. The third-order valence-electron chi connectivity index (χ3n) is 4.02. The van der Waals surface area contributed by atoms with Crippen molar-refractivity contribution >= 4 is 5.97 Å². The summed E-state index contributed by atoms with van der Waals surface area (Å²) in [5.74, 6) is -6.06. The van der Waals surface area contributed by atoms with Crippen molar-refractivity contribution in [3.8, 4) is 5.88 Å². The van der Waals surface area contributed by atoms with E-state index in [2.05, 4.69) is 16.6 Å². The molecule has 0 aliphatic heterocycles.